The van der Waals surface area contributed by atoms with Crippen LogP contribution < -0.4 is 0 Å². The number of ketones is 3. The smallest absolute Gasteiger partial charge is 0.465 e. The molecular weight excluding hydrogens is 1060 g/mol. The van der Waals surface area contributed by atoms with E-state index in [1.54, 1.807) is 92.7 Å². The molecule has 2 N–H and O–H groups in total. The molecule has 0 amide bonds. The zero-order valence-corrected chi connectivity index (χ0v) is 46.6. The molecule has 79 heavy (non-hydrogen) atoms. The number of aliphatic hydroxyl groups is 2. The zero-order chi connectivity index (χ0) is 57.5. The van der Waals surface area contributed by atoms with Crippen LogP contribution in [0.1, 0.15) is 113 Å². The van der Waals surface area contributed by atoms with E-state index in [4.69, 9.17) is 37.9 Å². The summed E-state index contributed by atoms with van der Waals surface area (Å²) < 4.78 is 47.4. The van der Waals surface area contributed by atoms with Crippen molar-refractivity contribution in [3.8, 4) is 0 Å². The average molecular weight is 1130 g/mol. The summed E-state index contributed by atoms with van der Waals surface area (Å²) in [5.74, 6) is -8.16. The fraction of sp³-hybridized carbons (Fsp3) is 0.500. The van der Waals surface area contributed by atoms with Crippen LogP contribution in [-0.2, 0) is 66.7 Å². The van der Waals surface area contributed by atoms with Crippen molar-refractivity contribution in [3.63, 3.8) is 0 Å². The zero-order valence-electron chi connectivity index (χ0n) is 45.0. The van der Waals surface area contributed by atoms with Crippen LogP contribution in [0.2, 0.25) is 0 Å². The summed E-state index contributed by atoms with van der Waals surface area (Å²) >= 11 is 0. The number of carbonyl (C=O) groups is 9. The van der Waals surface area contributed by atoms with Gasteiger partial charge in [0.25, 0.3) is 0 Å². The summed E-state index contributed by atoms with van der Waals surface area (Å²) in [6, 6.07) is 24.3. The van der Waals surface area contributed by atoms with Gasteiger partial charge in [0.2, 0.25) is 6.10 Å². The quantitative estimate of drug-likeness (QED) is 0.0254. The van der Waals surface area contributed by atoms with E-state index in [0.29, 0.717) is 16.9 Å². The molecule has 1 aliphatic heterocycles. The van der Waals surface area contributed by atoms with Crippen molar-refractivity contribution >= 4 is 74.9 Å². The lowest BCUT2D eigenvalue weighted by Crippen LogP contribution is -2.82. The number of esters is 5. The molecule has 19 nitrogen and oxygen atoms in total. The first-order valence-electron chi connectivity index (χ1n) is 25.9. The standard InChI is InChI=1S/C58H66O19S2/c1-33(59)23-24-45(64)70-25-27-78-79-28-26-71-54(68)75-47(40(37-17-11-8-12-18-37)29-41(62)38-19-13-9-14-20-38)53(67)74-42-31-58(69)51(76-52(66)39-21-15-10-16-22-39)49-56(7,43(63)30-44-57(49,32-72-44)77-36(4)61)50(65)48(73-35(3)60)46(34(42)2)55(58,5)6/h8-22,40,42-44,47-49,51,63,69H,23-32H2,1-7H3/t40?,42?,43-,44+,47?,48+,49?,51?,56+,57-,58+/m0/s1. The highest BCUT2D eigenvalue weighted by Crippen LogP contribution is 2.64. The molecule has 3 fully saturated rings. The van der Waals surface area contributed by atoms with Gasteiger partial charge in [-0.05, 0) is 49.6 Å². The predicted octanol–water partition coefficient (Wildman–Crippen LogP) is 7.08. The Balaban J connectivity index is 1.29. The highest BCUT2D eigenvalue weighted by molar-refractivity contribution is 8.76. The fourth-order valence-corrected chi connectivity index (χ4v) is 13.2. The number of benzene rings is 3. The van der Waals surface area contributed by atoms with Gasteiger partial charge in [0.05, 0.1) is 36.0 Å². The van der Waals surface area contributed by atoms with Crippen molar-refractivity contribution < 1.29 is 91.3 Å². The Labute approximate surface area is 465 Å². The molecule has 5 unspecified atom stereocenters. The first-order chi connectivity index (χ1) is 37.5. The summed E-state index contributed by atoms with van der Waals surface area (Å²) in [7, 11) is 2.62. The Morgan fingerprint density at radius 1 is 0.759 bits per heavy atom. The lowest BCUT2D eigenvalue weighted by atomic mass is 9.44. The van der Waals surface area contributed by atoms with Gasteiger partial charge in [-0.25, -0.2) is 14.4 Å². The van der Waals surface area contributed by atoms with Crippen molar-refractivity contribution in [3.05, 3.63) is 119 Å². The van der Waals surface area contributed by atoms with Crippen LogP contribution in [0.5, 0.6) is 0 Å². The number of hydrogen-bond donors (Lipinski definition) is 2. The molecule has 2 saturated carbocycles. The summed E-state index contributed by atoms with van der Waals surface area (Å²) in [4.78, 5) is 123. The van der Waals surface area contributed by atoms with Crippen molar-refractivity contribution in [2.75, 3.05) is 31.3 Å². The van der Waals surface area contributed by atoms with Gasteiger partial charge in [-0.1, -0.05) is 114 Å². The second kappa shape index (κ2) is 25.4. The topological polar surface area (TPSA) is 268 Å². The lowest BCUT2D eigenvalue weighted by molar-refractivity contribution is -0.346. The number of hydrogen-bond acceptors (Lipinski definition) is 21. The molecule has 0 spiro atoms. The third kappa shape index (κ3) is 12.8. The molecule has 7 rings (SSSR count). The summed E-state index contributed by atoms with van der Waals surface area (Å²) in [5.41, 5.74) is -7.44. The van der Waals surface area contributed by atoms with E-state index in [0.717, 1.165) is 13.8 Å². The Kier molecular flexibility index (Phi) is 19.4. The minimum absolute atomic E-state index is 0.0201. The molecule has 2 bridgehead atoms. The Hall–Kier alpha value is -6.39. The number of Topliss-reactive ketones (excluding diaryl/α,β-unsaturated/α-hetero) is 3. The molecular formula is C58H66O19S2. The van der Waals surface area contributed by atoms with Gasteiger partial charge in [0.1, 0.15) is 42.9 Å². The van der Waals surface area contributed by atoms with Gasteiger partial charge in [-0.2, -0.15) is 0 Å². The first kappa shape index (κ1) is 60.3. The van der Waals surface area contributed by atoms with Gasteiger partial charge in [-0.3, -0.25) is 24.0 Å². The van der Waals surface area contributed by atoms with Gasteiger partial charge in [0, 0.05) is 67.9 Å². The van der Waals surface area contributed by atoms with E-state index in [9.17, 15) is 43.8 Å². The first-order valence-corrected chi connectivity index (χ1v) is 28.4. The average Bonchev–Trinajstić information content (AvgIpc) is 3.18. The monoisotopic (exact) mass is 1130 g/mol. The number of fused-ring (bicyclic) bond motifs is 5. The third-order valence-corrected chi connectivity index (χ3v) is 17.9. The maximum absolute atomic E-state index is 15.8. The summed E-state index contributed by atoms with van der Waals surface area (Å²) in [5, 5.41) is 26.2. The largest absolute Gasteiger partial charge is 0.509 e. The summed E-state index contributed by atoms with van der Waals surface area (Å²) in [6.45, 7) is 9.07. The fourth-order valence-electron chi connectivity index (χ4n) is 11.5. The molecule has 0 radical (unpaired) electrons. The molecule has 424 valence electrons. The van der Waals surface area contributed by atoms with Crippen molar-refractivity contribution in [2.45, 2.75) is 134 Å². The maximum atomic E-state index is 15.8. The second-order valence-electron chi connectivity index (χ2n) is 20.9. The van der Waals surface area contributed by atoms with Crippen molar-refractivity contribution in [1.82, 2.24) is 0 Å². The van der Waals surface area contributed by atoms with Crippen molar-refractivity contribution in [2.24, 2.45) is 16.7 Å². The number of ether oxygens (including phenoxy) is 8. The molecule has 11 atom stereocenters. The van der Waals surface area contributed by atoms with Crippen LogP contribution in [0, 0.1) is 16.7 Å². The van der Waals surface area contributed by atoms with Crippen LogP contribution in [-0.4, -0.2) is 143 Å². The van der Waals surface area contributed by atoms with Crippen molar-refractivity contribution in [1.29, 1.82) is 0 Å². The molecule has 1 heterocycles. The third-order valence-electron chi connectivity index (χ3n) is 15.6. The van der Waals surface area contributed by atoms with E-state index in [2.05, 4.69) is 0 Å². The van der Waals surface area contributed by atoms with Crippen LogP contribution in [0.25, 0.3) is 0 Å². The number of carbonyl (C=O) groups excluding carboxylic acids is 9. The van der Waals surface area contributed by atoms with Gasteiger partial charge in [0.15, 0.2) is 23.3 Å². The molecule has 0 aromatic heterocycles. The SMILES string of the molecule is CC(=O)CCC(=O)OCCSSCCOC(=O)OC(C(=O)OC1C[C@@]2(O)C(OC(=O)c3ccccc3)C3[C@](C)(C(=O)[C@H](OC(C)=O)C(=C1C)C2(C)C)[C@@H](O)C[C@H]1OC[C@@]31OC(C)=O)C(CC(=O)c1ccccc1)c1ccccc1. The van der Waals surface area contributed by atoms with E-state index < -0.39 is 131 Å². The molecule has 21 heteroatoms. The van der Waals surface area contributed by atoms with Crippen LogP contribution in [0.15, 0.2) is 102 Å². The van der Waals surface area contributed by atoms with Gasteiger partial charge >= 0.3 is 36.0 Å². The Morgan fingerprint density at radius 3 is 1.92 bits per heavy atom. The highest BCUT2D eigenvalue weighted by Gasteiger charge is 2.78. The van der Waals surface area contributed by atoms with Crippen LogP contribution in [0.3, 0.4) is 0 Å². The maximum Gasteiger partial charge on any atom is 0.509 e. The lowest BCUT2D eigenvalue weighted by Gasteiger charge is -2.67. The minimum Gasteiger partial charge on any atom is -0.465 e. The van der Waals surface area contributed by atoms with E-state index in [1.807, 2.05) is 0 Å². The number of aliphatic hydroxyl groups excluding tert-OH is 1. The van der Waals surface area contributed by atoms with E-state index in [1.165, 1.54) is 54.5 Å². The Bertz CT molecular complexity index is 2800. The highest BCUT2D eigenvalue weighted by atomic mass is 33.1. The molecule has 3 aliphatic carbocycles. The van der Waals surface area contributed by atoms with Gasteiger partial charge in [-0.15, -0.1) is 0 Å². The normalized spacial score (nSPS) is 27.3. The second-order valence-corrected chi connectivity index (χ2v) is 23.6. The predicted molar refractivity (Wildman–Crippen MR) is 285 cm³/mol. The molecule has 4 aliphatic rings. The van der Waals surface area contributed by atoms with E-state index in [-0.39, 0.29) is 67.3 Å². The molecule has 1 saturated heterocycles. The van der Waals surface area contributed by atoms with Gasteiger partial charge < -0.3 is 52.9 Å². The number of rotatable bonds is 22. The minimum atomic E-state index is -2.49. The Morgan fingerprint density at radius 2 is 1.35 bits per heavy atom. The molecule has 3 aromatic rings. The summed E-state index contributed by atoms with van der Waals surface area (Å²) in [6.07, 6.45) is -12.6. The molecule has 3 aromatic carbocycles. The van der Waals surface area contributed by atoms with Crippen LogP contribution in [0.4, 0.5) is 4.79 Å². The van der Waals surface area contributed by atoms with Crippen LogP contribution >= 0.6 is 21.6 Å². The van der Waals surface area contributed by atoms with E-state index >= 15 is 9.59 Å².